The van der Waals surface area contributed by atoms with Crippen molar-refractivity contribution in [1.82, 2.24) is 0 Å². The fourth-order valence-electron chi connectivity index (χ4n) is 1.12. The maximum atomic E-state index is 10.9. The summed E-state index contributed by atoms with van der Waals surface area (Å²) in [5.74, 6) is -1.14. The minimum absolute atomic E-state index is 0.0781. The molecule has 5 nitrogen and oxygen atoms in total. The highest BCUT2D eigenvalue weighted by Gasteiger charge is 2.30. The monoisotopic (exact) mass is 249 g/mol. The molecule has 0 aliphatic heterocycles. The number of amides is 1. The van der Waals surface area contributed by atoms with Gasteiger partial charge in [-0.1, -0.05) is 23.7 Å². The van der Waals surface area contributed by atoms with Gasteiger partial charge in [-0.25, -0.2) is 0 Å². The first kappa shape index (κ1) is 12.0. The molecule has 1 aromatic carbocycles. The van der Waals surface area contributed by atoms with E-state index in [4.69, 9.17) is 21.9 Å². The Morgan fingerprint density at radius 1 is 1.33 bits per heavy atom. The summed E-state index contributed by atoms with van der Waals surface area (Å²) in [5.41, 5.74) is 4.96. The number of carbonyl (C=O) groups is 1. The lowest BCUT2D eigenvalue weighted by Gasteiger charge is -2.09. The molecule has 0 heterocycles. The van der Waals surface area contributed by atoms with E-state index in [1.165, 1.54) is 24.3 Å². The second kappa shape index (κ2) is 4.18. The van der Waals surface area contributed by atoms with Gasteiger partial charge < -0.3 is 5.73 Å². The van der Waals surface area contributed by atoms with E-state index in [-0.39, 0.29) is 5.56 Å². The second-order valence-corrected chi connectivity index (χ2v) is 4.79. The van der Waals surface area contributed by atoms with Gasteiger partial charge in [-0.2, -0.15) is 8.42 Å². The minimum Gasteiger partial charge on any atom is -0.368 e. The first-order valence-electron chi connectivity index (χ1n) is 3.83. The molecule has 0 aliphatic rings. The van der Waals surface area contributed by atoms with Crippen molar-refractivity contribution in [3.8, 4) is 0 Å². The number of benzene rings is 1. The van der Waals surface area contributed by atoms with Gasteiger partial charge in [0.05, 0.1) is 0 Å². The Morgan fingerprint density at radius 3 is 2.13 bits per heavy atom. The third-order valence-electron chi connectivity index (χ3n) is 1.73. The van der Waals surface area contributed by atoms with E-state index in [2.05, 4.69) is 0 Å². The van der Waals surface area contributed by atoms with Gasteiger partial charge in [0.2, 0.25) is 5.91 Å². The van der Waals surface area contributed by atoms with Crippen molar-refractivity contribution in [1.29, 1.82) is 0 Å². The van der Waals surface area contributed by atoms with Gasteiger partial charge in [-0.3, -0.25) is 9.35 Å². The Balaban J connectivity index is 3.23. The van der Waals surface area contributed by atoms with Crippen LogP contribution >= 0.6 is 11.6 Å². The summed E-state index contributed by atoms with van der Waals surface area (Å²) in [6, 6.07) is 5.42. The summed E-state index contributed by atoms with van der Waals surface area (Å²) in [7, 11) is -4.55. The molecule has 82 valence electrons. The van der Waals surface area contributed by atoms with Crippen LogP contribution in [0.4, 0.5) is 0 Å². The van der Waals surface area contributed by atoms with Crippen molar-refractivity contribution < 1.29 is 17.8 Å². The van der Waals surface area contributed by atoms with Crippen molar-refractivity contribution in [2.75, 3.05) is 0 Å². The summed E-state index contributed by atoms with van der Waals surface area (Å²) >= 11 is 5.58. The third-order valence-corrected chi connectivity index (χ3v) is 3.08. The van der Waals surface area contributed by atoms with E-state index in [1.54, 1.807) is 0 Å². The molecule has 0 bridgehead atoms. The Kier molecular flexibility index (Phi) is 3.33. The van der Waals surface area contributed by atoms with Crippen LogP contribution in [0.3, 0.4) is 0 Å². The highest BCUT2D eigenvalue weighted by molar-refractivity contribution is 7.86. The lowest BCUT2D eigenvalue weighted by molar-refractivity contribution is -0.117. The maximum absolute atomic E-state index is 10.9. The number of halogens is 1. The van der Waals surface area contributed by atoms with Gasteiger partial charge in [-0.05, 0) is 17.7 Å². The molecule has 7 heteroatoms. The standard InChI is InChI=1S/C8H8ClNO4S/c9-6-3-1-5(2-4-6)7(8(10)11)15(12,13)14/h1-4,7H,(H2,10,11)(H,12,13,14). The van der Waals surface area contributed by atoms with Crippen LogP contribution in [0.1, 0.15) is 10.8 Å². The zero-order valence-electron chi connectivity index (χ0n) is 7.42. The number of hydrogen-bond acceptors (Lipinski definition) is 3. The first-order valence-corrected chi connectivity index (χ1v) is 5.71. The Hall–Kier alpha value is -1.11. The first-order chi connectivity index (χ1) is 6.82. The summed E-state index contributed by atoms with van der Waals surface area (Å²) in [4.78, 5) is 10.9. The molecule has 0 aromatic heterocycles. The molecule has 1 unspecified atom stereocenters. The average Bonchev–Trinajstić information content (AvgIpc) is 2.05. The van der Waals surface area contributed by atoms with Crippen molar-refractivity contribution in [3.05, 3.63) is 34.9 Å². The Morgan fingerprint density at radius 2 is 1.80 bits per heavy atom. The van der Waals surface area contributed by atoms with Crippen LogP contribution in [0.25, 0.3) is 0 Å². The van der Waals surface area contributed by atoms with Crippen LogP contribution in [-0.4, -0.2) is 18.9 Å². The van der Waals surface area contributed by atoms with Crippen molar-refractivity contribution in [3.63, 3.8) is 0 Å². The van der Waals surface area contributed by atoms with E-state index in [9.17, 15) is 13.2 Å². The lowest BCUT2D eigenvalue weighted by atomic mass is 10.1. The number of nitrogens with two attached hydrogens (primary N) is 1. The molecule has 0 spiro atoms. The molecule has 1 atom stereocenters. The van der Waals surface area contributed by atoms with Crippen LogP contribution in [0.2, 0.25) is 5.02 Å². The normalized spacial score (nSPS) is 13.5. The molecule has 0 aliphatic carbocycles. The van der Waals surface area contributed by atoms with E-state index in [1.807, 2.05) is 0 Å². The number of carbonyl (C=O) groups excluding carboxylic acids is 1. The predicted molar refractivity (Wildman–Crippen MR) is 54.9 cm³/mol. The number of hydrogen-bond donors (Lipinski definition) is 2. The van der Waals surface area contributed by atoms with Crippen molar-refractivity contribution in [2.24, 2.45) is 5.73 Å². The summed E-state index contributed by atoms with van der Waals surface area (Å²) in [6.45, 7) is 0. The minimum atomic E-state index is -4.55. The van der Waals surface area contributed by atoms with Gasteiger partial charge in [0, 0.05) is 5.02 Å². The van der Waals surface area contributed by atoms with Crippen LogP contribution in [0.5, 0.6) is 0 Å². The molecule has 1 amide bonds. The van der Waals surface area contributed by atoms with Crippen LogP contribution < -0.4 is 5.73 Å². The van der Waals surface area contributed by atoms with Crippen LogP contribution in [-0.2, 0) is 14.9 Å². The van der Waals surface area contributed by atoms with Crippen molar-refractivity contribution >= 4 is 27.6 Å². The third kappa shape index (κ3) is 2.92. The topological polar surface area (TPSA) is 97.5 Å². The second-order valence-electron chi connectivity index (χ2n) is 2.85. The maximum Gasteiger partial charge on any atom is 0.281 e. The number of rotatable bonds is 3. The van der Waals surface area contributed by atoms with Gasteiger partial charge in [0.1, 0.15) is 0 Å². The van der Waals surface area contributed by atoms with Crippen LogP contribution in [0, 0.1) is 0 Å². The van der Waals surface area contributed by atoms with Crippen LogP contribution in [0.15, 0.2) is 24.3 Å². The molecular weight excluding hydrogens is 242 g/mol. The fraction of sp³-hybridized carbons (Fsp3) is 0.125. The van der Waals surface area contributed by atoms with E-state index in [0.29, 0.717) is 5.02 Å². The SMILES string of the molecule is NC(=O)C(c1ccc(Cl)cc1)S(=O)(=O)O. The molecule has 1 rings (SSSR count). The largest absolute Gasteiger partial charge is 0.368 e. The van der Waals surface area contributed by atoms with E-state index >= 15 is 0 Å². The fourth-order valence-corrected chi connectivity index (χ4v) is 2.04. The molecule has 0 saturated heterocycles. The van der Waals surface area contributed by atoms with Crippen molar-refractivity contribution in [2.45, 2.75) is 5.25 Å². The summed E-state index contributed by atoms with van der Waals surface area (Å²) in [5, 5.41) is -1.37. The molecule has 0 saturated carbocycles. The average molecular weight is 250 g/mol. The molecule has 3 N–H and O–H groups in total. The smallest absolute Gasteiger partial charge is 0.281 e. The van der Waals surface area contributed by atoms with E-state index < -0.39 is 21.3 Å². The van der Waals surface area contributed by atoms with Gasteiger partial charge >= 0.3 is 0 Å². The predicted octanol–water partition coefficient (Wildman–Crippen LogP) is 0.754. The summed E-state index contributed by atoms with van der Waals surface area (Å²) < 4.78 is 30.6. The van der Waals surface area contributed by atoms with E-state index in [0.717, 1.165) is 0 Å². The highest BCUT2D eigenvalue weighted by atomic mass is 35.5. The summed E-state index contributed by atoms with van der Waals surface area (Å²) in [6.07, 6.45) is 0. The highest BCUT2D eigenvalue weighted by Crippen LogP contribution is 2.22. The Bertz CT molecular complexity index is 468. The molecular formula is C8H8ClNO4S. The lowest BCUT2D eigenvalue weighted by Crippen LogP contribution is -2.27. The van der Waals surface area contributed by atoms with Gasteiger partial charge in [0.25, 0.3) is 10.1 Å². The molecule has 0 radical (unpaired) electrons. The zero-order valence-corrected chi connectivity index (χ0v) is 8.99. The molecule has 15 heavy (non-hydrogen) atoms. The quantitative estimate of drug-likeness (QED) is 0.773. The molecule has 0 fully saturated rings. The number of primary amides is 1. The zero-order chi connectivity index (χ0) is 11.6. The molecule has 1 aromatic rings. The van der Waals surface area contributed by atoms with Gasteiger partial charge in [-0.15, -0.1) is 0 Å². The van der Waals surface area contributed by atoms with Gasteiger partial charge in [0.15, 0.2) is 5.25 Å². The Labute approximate surface area is 91.6 Å².